The summed E-state index contributed by atoms with van der Waals surface area (Å²) in [7, 11) is 0. The summed E-state index contributed by atoms with van der Waals surface area (Å²) in [5.74, 6) is 0. The first-order valence-corrected chi connectivity index (χ1v) is 5.24. The van der Waals surface area contributed by atoms with Crippen molar-refractivity contribution in [1.82, 2.24) is 0 Å². The molecule has 1 aliphatic carbocycles. The fourth-order valence-corrected chi connectivity index (χ4v) is 1.56. The van der Waals surface area contributed by atoms with Crippen LogP contribution in [-0.2, 0) is 6.18 Å². The van der Waals surface area contributed by atoms with E-state index < -0.39 is 11.7 Å². The molecule has 17 heavy (non-hydrogen) atoms. The average molecular weight is 240 g/mol. The second-order valence-corrected chi connectivity index (χ2v) is 4.56. The second-order valence-electron chi connectivity index (χ2n) is 4.56. The Bertz CT molecular complexity index is 482. The summed E-state index contributed by atoms with van der Waals surface area (Å²) in [6, 6.07) is 5.00. The van der Waals surface area contributed by atoms with Crippen LogP contribution in [0, 0.1) is 11.3 Å². The van der Waals surface area contributed by atoms with Gasteiger partial charge in [0.1, 0.15) is 6.07 Å². The molecule has 0 unspecified atom stereocenters. The van der Waals surface area contributed by atoms with E-state index >= 15 is 0 Å². The lowest BCUT2D eigenvalue weighted by Crippen LogP contribution is -2.17. The molecule has 90 valence electrons. The van der Waals surface area contributed by atoms with E-state index in [1.807, 2.05) is 6.92 Å². The highest BCUT2D eigenvalue weighted by molar-refractivity contribution is 5.60. The van der Waals surface area contributed by atoms with Crippen LogP contribution in [0.15, 0.2) is 18.2 Å². The summed E-state index contributed by atoms with van der Waals surface area (Å²) in [6.07, 6.45) is -2.47. The normalized spacial score (nSPS) is 17.4. The minimum absolute atomic E-state index is 0.0351. The Morgan fingerprint density at radius 1 is 1.35 bits per heavy atom. The molecule has 2 rings (SSSR count). The molecule has 0 radical (unpaired) electrons. The highest BCUT2D eigenvalue weighted by Gasteiger charge is 2.38. The van der Waals surface area contributed by atoms with Crippen molar-refractivity contribution < 1.29 is 13.2 Å². The van der Waals surface area contributed by atoms with Crippen molar-refractivity contribution >= 4 is 5.69 Å². The third kappa shape index (κ3) is 2.52. The van der Waals surface area contributed by atoms with Crippen molar-refractivity contribution in [2.75, 3.05) is 5.32 Å². The van der Waals surface area contributed by atoms with E-state index in [2.05, 4.69) is 5.32 Å². The van der Waals surface area contributed by atoms with Gasteiger partial charge in [-0.15, -0.1) is 0 Å². The summed E-state index contributed by atoms with van der Waals surface area (Å²) in [5, 5.41) is 12.0. The Balaban J connectivity index is 2.33. The fraction of sp³-hybridized carbons (Fsp3) is 0.417. The van der Waals surface area contributed by atoms with Gasteiger partial charge >= 0.3 is 6.18 Å². The number of benzene rings is 1. The minimum atomic E-state index is -4.41. The summed E-state index contributed by atoms with van der Waals surface area (Å²) in [6.45, 7) is 1.98. The van der Waals surface area contributed by atoms with Crippen molar-refractivity contribution in [3.63, 3.8) is 0 Å². The molecule has 0 aromatic heterocycles. The highest BCUT2D eigenvalue weighted by atomic mass is 19.4. The van der Waals surface area contributed by atoms with Crippen LogP contribution in [0.3, 0.4) is 0 Å². The smallest absolute Gasteiger partial charge is 0.379 e. The first kappa shape index (κ1) is 11.8. The second kappa shape index (κ2) is 3.66. The average Bonchev–Trinajstić information content (AvgIpc) is 2.95. The van der Waals surface area contributed by atoms with E-state index in [9.17, 15) is 13.2 Å². The molecule has 0 spiro atoms. The number of halogens is 3. The maximum absolute atomic E-state index is 12.5. The third-order valence-corrected chi connectivity index (χ3v) is 2.90. The summed E-state index contributed by atoms with van der Waals surface area (Å²) in [5.41, 5.74) is -0.347. The van der Waals surface area contributed by atoms with Crippen LogP contribution >= 0.6 is 0 Å². The zero-order valence-corrected chi connectivity index (χ0v) is 9.23. The molecule has 0 aliphatic heterocycles. The Labute approximate surface area is 97.1 Å². The molecule has 1 aliphatic rings. The van der Waals surface area contributed by atoms with E-state index in [1.54, 1.807) is 6.07 Å². The van der Waals surface area contributed by atoms with Gasteiger partial charge in [-0.2, -0.15) is 18.4 Å². The monoisotopic (exact) mass is 240 g/mol. The lowest BCUT2D eigenvalue weighted by atomic mass is 10.1. The number of rotatable bonds is 2. The lowest BCUT2D eigenvalue weighted by molar-refractivity contribution is -0.137. The molecule has 0 amide bonds. The Hall–Kier alpha value is -1.70. The molecule has 1 aromatic rings. The first-order valence-electron chi connectivity index (χ1n) is 5.24. The first-order chi connectivity index (χ1) is 7.84. The molecule has 0 saturated heterocycles. The topological polar surface area (TPSA) is 35.8 Å². The standard InChI is InChI=1S/C12H11F3N2/c1-11(4-5-11)17-10-3-2-9(12(13,14)15)6-8(10)7-16/h2-3,6,17H,4-5H2,1H3. The number of nitrogens with zero attached hydrogens (tertiary/aromatic N) is 1. The Morgan fingerprint density at radius 2 is 2.00 bits per heavy atom. The number of alkyl halides is 3. The predicted octanol–water partition coefficient (Wildman–Crippen LogP) is 3.54. The largest absolute Gasteiger partial charge is 0.416 e. The van der Waals surface area contributed by atoms with Crippen molar-refractivity contribution in [3.8, 4) is 6.07 Å². The van der Waals surface area contributed by atoms with Gasteiger partial charge in [0.2, 0.25) is 0 Å². The zero-order valence-electron chi connectivity index (χ0n) is 9.23. The number of anilines is 1. The summed E-state index contributed by atoms with van der Waals surface area (Å²) >= 11 is 0. The van der Waals surface area contributed by atoms with Gasteiger partial charge in [-0.05, 0) is 38.0 Å². The van der Waals surface area contributed by atoms with Crippen molar-refractivity contribution in [1.29, 1.82) is 5.26 Å². The molecule has 0 bridgehead atoms. The molecule has 2 nitrogen and oxygen atoms in total. The molecule has 1 aromatic carbocycles. The van der Waals surface area contributed by atoms with Gasteiger partial charge < -0.3 is 5.32 Å². The van der Waals surface area contributed by atoms with Crippen LogP contribution in [-0.4, -0.2) is 5.54 Å². The molecule has 0 heterocycles. The SMILES string of the molecule is CC1(Nc2ccc(C(F)(F)F)cc2C#N)CC1. The number of hydrogen-bond acceptors (Lipinski definition) is 2. The molecule has 5 heteroatoms. The maximum Gasteiger partial charge on any atom is 0.416 e. The quantitative estimate of drug-likeness (QED) is 0.858. The lowest BCUT2D eigenvalue weighted by Gasteiger charge is -2.15. The van der Waals surface area contributed by atoms with Crippen LogP contribution in [0.2, 0.25) is 0 Å². The van der Waals surface area contributed by atoms with E-state index in [0.717, 1.165) is 25.0 Å². The Morgan fingerprint density at radius 3 is 2.47 bits per heavy atom. The van der Waals surface area contributed by atoms with Crippen molar-refractivity contribution in [2.45, 2.75) is 31.5 Å². The van der Waals surface area contributed by atoms with Crippen LogP contribution in [0.25, 0.3) is 0 Å². The summed E-state index contributed by atoms with van der Waals surface area (Å²) in [4.78, 5) is 0. The van der Waals surface area contributed by atoms with Crippen LogP contribution in [0.4, 0.5) is 18.9 Å². The number of nitrogens with one attached hydrogen (secondary N) is 1. The number of nitriles is 1. The zero-order chi connectivity index (χ0) is 12.7. The minimum Gasteiger partial charge on any atom is -0.379 e. The van der Waals surface area contributed by atoms with Gasteiger partial charge in [0, 0.05) is 5.54 Å². The fourth-order valence-electron chi connectivity index (χ4n) is 1.56. The molecular formula is C12H11F3N2. The van der Waals surface area contributed by atoms with E-state index in [0.29, 0.717) is 5.69 Å². The van der Waals surface area contributed by atoms with E-state index in [4.69, 9.17) is 5.26 Å². The van der Waals surface area contributed by atoms with Crippen LogP contribution in [0.5, 0.6) is 0 Å². The predicted molar refractivity (Wildman–Crippen MR) is 57.4 cm³/mol. The molecular weight excluding hydrogens is 229 g/mol. The maximum atomic E-state index is 12.5. The highest BCUT2D eigenvalue weighted by Crippen LogP contribution is 2.39. The van der Waals surface area contributed by atoms with Crippen molar-refractivity contribution in [3.05, 3.63) is 29.3 Å². The van der Waals surface area contributed by atoms with Gasteiger partial charge in [-0.1, -0.05) is 0 Å². The van der Waals surface area contributed by atoms with Crippen molar-refractivity contribution in [2.24, 2.45) is 0 Å². The van der Waals surface area contributed by atoms with Gasteiger partial charge in [0.05, 0.1) is 16.8 Å². The summed E-state index contributed by atoms with van der Waals surface area (Å²) < 4.78 is 37.4. The van der Waals surface area contributed by atoms with Crippen LogP contribution in [0.1, 0.15) is 30.9 Å². The van der Waals surface area contributed by atoms with Crippen LogP contribution < -0.4 is 5.32 Å². The van der Waals surface area contributed by atoms with E-state index in [1.165, 1.54) is 6.07 Å². The van der Waals surface area contributed by atoms with E-state index in [-0.39, 0.29) is 11.1 Å². The number of hydrogen-bond donors (Lipinski definition) is 1. The molecule has 1 saturated carbocycles. The molecule has 0 atom stereocenters. The molecule has 1 fully saturated rings. The van der Waals surface area contributed by atoms with Gasteiger partial charge in [0.15, 0.2) is 0 Å². The van der Waals surface area contributed by atoms with Gasteiger partial charge in [0.25, 0.3) is 0 Å². The van der Waals surface area contributed by atoms with Gasteiger partial charge in [-0.25, -0.2) is 0 Å². The van der Waals surface area contributed by atoms with Gasteiger partial charge in [-0.3, -0.25) is 0 Å². The third-order valence-electron chi connectivity index (χ3n) is 2.90. The Kier molecular flexibility index (Phi) is 2.53. The molecule has 1 N–H and O–H groups in total.